The predicted octanol–water partition coefficient (Wildman–Crippen LogP) is -0.864. The Morgan fingerprint density at radius 3 is 2.90 bits per heavy atom. The van der Waals surface area contributed by atoms with Crippen molar-refractivity contribution in [2.45, 2.75) is 28.4 Å². The molecule has 0 N–H and O–H groups in total. The molecular weight excluding hydrogens is 279 g/mol. The van der Waals surface area contributed by atoms with Gasteiger partial charge in [0.15, 0.2) is 0 Å². The van der Waals surface area contributed by atoms with Crippen LogP contribution in [0.25, 0.3) is 0 Å². The first-order valence-corrected chi connectivity index (χ1v) is 8.38. The van der Waals surface area contributed by atoms with Crippen molar-refractivity contribution in [2.24, 2.45) is 0 Å². The van der Waals surface area contributed by atoms with Gasteiger partial charge in [-0.1, -0.05) is 0 Å². The minimum absolute atomic E-state index is 0.240. The summed E-state index contributed by atoms with van der Waals surface area (Å²) in [4.78, 5) is 0. The number of rotatable bonds is 3. The molecule has 0 spiro atoms. The SMILES string of the molecule is COS[I-]C1CCC(S)C1. The molecule has 2 atom stereocenters. The third kappa shape index (κ3) is 3.19. The van der Waals surface area contributed by atoms with Gasteiger partial charge in [0.05, 0.1) is 0 Å². The second kappa shape index (κ2) is 5.11. The zero-order valence-electron chi connectivity index (χ0n) is 5.92. The summed E-state index contributed by atoms with van der Waals surface area (Å²) in [5.74, 6) is 0. The normalized spacial score (nSPS) is 33.4. The Labute approximate surface area is 81.0 Å². The molecule has 1 saturated carbocycles. The van der Waals surface area contributed by atoms with E-state index >= 15 is 0 Å². The Kier molecular flexibility index (Phi) is 4.84. The van der Waals surface area contributed by atoms with Crippen LogP contribution < -0.4 is 19.8 Å². The summed E-state index contributed by atoms with van der Waals surface area (Å²) < 4.78 is 5.94. The molecule has 0 radical (unpaired) electrons. The van der Waals surface area contributed by atoms with E-state index < -0.39 is 0 Å². The van der Waals surface area contributed by atoms with Crippen molar-refractivity contribution in [1.29, 1.82) is 0 Å². The fourth-order valence-electron chi connectivity index (χ4n) is 1.07. The third-order valence-electron chi connectivity index (χ3n) is 1.57. The molecule has 0 heterocycles. The first-order chi connectivity index (χ1) is 4.83. The van der Waals surface area contributed by atoms with Gasteiger partial charge in [0.2, 0.25) is 0 Å². The van der Waals surface area contributed by atoms with Crippen molar-refractivity contribution >= 4 is 21.8 Å². The first-order valence-electron chi connectivity index (χ1n) is 3.34. The van der Waals surface area contributed by atoms with Crippen LogP contribution in [0, 0.1) is 0 Å². The van der Waals surface area contributed by atoms with Crippen molar-refractivity contribution < 1.29 is 24.0 Å². The Hall–Kier alpha value is 1.39. The molecule has 0 bridgehead atoms. The predicted molar refractivity (Wildman–Crippen MR) is 45.0 cm³/mol. The third-order valence-corrected chi connectivity index (χ3v) is 7.48. The van der Waals surface area contributed by atoms with Crippen LogP contribution in [0.2, 0.25) is 0 Å². The first kappa shape index (κ1) is 9.48. The van der Waals surface area contributed by atoms with E-state index in [-0.39, 0.29) is 19.8 Å². The Bertz CT molecular complexity index is 102. The van der Waals surface area contributed by atoms with Crippen molar-refractivity contribution in [2.75, 3.05) is 7.11 Å². The molecule has 1 aliphatic carbocycles. The van der Waals surface area contributed by atoms with Crippen LogP contribution in [0.4, 0.5) is 0 Å². The average molecular weight is 291 g/mol. The van der Waals surface area contributed by atoms with E-state index in [0.717, 1.165) is 3.92 Å². The molecule has 0 aromatic heterocycles. The van der Waals surface area contributed by atoms with Crippen LogP contribution in [-0.2, 0) is 4.18 Å². The molecule has 0 aliphatic heterocycles. The zero-order chi connectivity index (χ0) is 7.40. The van der Waals surface area contributed by atoms with Crippen LogP contribution >= 0.6 is 21.8 Å². The average Bonchev–Trinajstić information content (AvgIpc) is 2.31. The molecule has 0 amide bonds. The van der Waals surface area contributed by atoms with E-state index in [0.29, 0.717) is 5.25 Å². The molecule has 4 heteroatoms. The summed E-state index contributed by atoms with van der Waals surface area (Å²) >= 11 is 4.68. The molecule has 0 aromatic rings. The fraction of sp³-hybridized carbons (Fsp3) is 1.00. The van der Waals surface area contributed by atoms with E-state index in [2.05, 4.69) is 12.6 Å². The van der Waals surface area contributed by atoms with Gasteiger partial charge >= 0.3 is 81.4 Å². The maximum atomic E-state index is 4.98. The zero-order valence-corrected chi connectivity index (χ0v) is 9.79. The molecule has 1 rings (SSSR count). The monoisotopic (exact) mass is 291 g/mol. The Morgan fingerprint density at radius 1 is 1.60 bits per heavy atom. The summed E-state index contributed by atoms with van der Waals surface area (Å²) in [7, 11) is 3.44. The van der Waals surface area contributed by atoms with Crippen LogP contribution in [0.15, 0.2) is 0 Å². The molecular formula is C6H12IOS2-. The van der Waals surface area contributed by atoms with E-state index in [1.165, 1.54) is 19.3 Å². The van der Waals surface area contributed by atoms with Crippen molar-refractivity contribution in [1.82, 2.24) is 0 Å². The van der Waals surface area contributed by atoms with Crippen LogP contribution in [0.1, 0.15) is 19.3 Å². The summed E-state index contributed by atoms with van der Waals surface area (Å²) in [6.45, 7) is 0. The summed E-state index contributed by atoms with van der Waals surface area (Å²) in [6.07, 6.45) is 4.03. The maximum absolute atomic E-state index is 4.98. The van der Waals surface area contributed by atoms with Crippen molar-refractivity contribution in [3.63, 3.8) is 0 Å². The van der Waals surface area contributed by atoms with Crippen LogP contribution in [0.3, 0.4) is 0 Å². The van der Waals surface area contributed by atoms with Gasteiger partial charge in [-0.2, -0.15) is 0 Å². The van der Waals surface area contributed by atoms with Gasteiger partial charge in [0.1, 0.15) is 0 Å². The molecule has 1 aliphatic rings. The second-order valence-corrected chi connectivity index (χ2v) is 8.12. The number of alkyl halides is 1. The molecule has 62 valence electrons. The van der Waals surface area contributed by atoms with Crippen molar-refractivity contribution in [3.8, 4) is 0 Å². The molecule has 10 heavy (non-hydrogen) atoms. The topological polar surface area (TPSA) is 9.23 Å². The van der Waals surface area contributed by atoms with Gasteiger partial charge in [0.25, 0.3) is 0 Å². The summed E-state index contributed by atoms with van der Waals surface area (Å²) in [6, 6.07) is 0. The number of thiol groups is 1. The summed E-state index contributed by atoms with van der Waals surface area (Å²) in [5.41, 5.74) is 0. The van der Waals surface area contributed by atoms with Gasteiger partial charge in [-0.3, -0.25) is 0 Å². The second-order valence-electron chi connectivity index (χ2n) is 2.38. The van der Waals surface area contributed by atoms with Gasteiger partial charge in [0, 0.05) is 0 Å². The minimum atomic E-state index is 0.240. The van der Waals surface area contributed by atoms with Gasteiger partial charge < -0.3 is 0 Å². The van der Waals surface area contributed by atoms with Gasteiger partial charge in [-0.05, 0) is 0 Å². The van der Waals surface area contributed by atoms with Crippen LogP contribution in [-0.4, -0.2) is 16.3 Å². The molecule has 0 aromatic carbocycles. The Morgan fingerprint density at radius 2 is 2.40 bits per heavy atom. The standard InChI is InChI=1S/C6H12IOS2/c1-8-10-7-5-2-3-6(9)4-5/h5-6,9H,2-4H2,1H3/q-1. The molecule has 1 nitrogen and oxygen atoms in total. The number of hydrogen-bond donors (Lipinski definition) is 1. The summed E-state index contributed by atoms with van der Waals surface area (Å²) in [5, 5.41) is 0.683. The van der Waals surface area contributed by atoms with Crippen molar-refractivity contribution in [3.05, 3.63) is 0 Å². The number of hydrogen-bond acceptors (Lipinski definition) is 3. The molecule has 0 saturated heterocycles. The molecule has 1 fully saturated rings. The van der Waals surface area contributed by atoms with Gasteiger partial charge in [-0.25, -0.2) is 0 Å². The van der Waals surface area contributed by atoms with Crippen LogP contribution in [0.5, 0.6) is 0 Å². The van der Waals surface area contributed by atoms with Gasteiger partial charge in [-0.15, -0.1) is 0 Å². The van der Waals surface area contributed by atoms with E-state index in [1.54, 1.807) is 16.3 Å². The Balaban J connectivity index is 2.06. The van der Waals surface area contributed by atoms with E-state index in [1.807, 2.05) is 0 Å². The fourth-order valence-corrected chi connectivity index (χ4v) is 6.08. The molecule has 2 unspecified atom stereocenters. The van der Waals surface area contributed by atoms with E-state index in [4.69, 9.17) is 4.18 Å². The quantitative estimate of drug-likeness (QED) is 0.313. The van der Waals surface area contributed by atoms with E-state index in [9.17, 15) is 0 Å². The number of halogens is 1.